The van der Waals surface area contributed by atoms with Crippen LogP contribution < -0.4 is 10.9 Å². The molecule has 0 radical (unpaired) electrons. The fraction of sp³-hybridized carbons (Fsp3) is 0.200. The highest BCUT2D eigenvalue weighted by Crippen LogP contribution is 2.10. The number of hydrogen-bond donors (Lipinski definition) is 2. The maximum absolute atomic E-state index is 13.4. The molecule has 0 bridgehead atoms. The first kappa shape index (κ1) is 22.7. The van der Waals surface area contributed by atoms with Crippen LogP contribution >= 0.6 is 0 Å². The second-order valence-electron chi connectivity index (χ2n) is 6.06. The van der Waals surface area contributed by atoms with E-state index in [1.54, 1.807) is 0 Å². The van der Waals surface area contributed by atoms with E-state index in [9.17, 15) is 27.2 Å². The lowest BCUT2D eigenvalue weighted by molar-refractivity contribution is -0.123. The van der Waals surface area contributed by atoms with Gasteiger partial charge < -0.3 is 0 Å². The number of nitrogens with zero attached hydrogens (tertiary/aromatic N) is 2. The Morgan fingerprint density at radius 3 is 1.37 bits per heavy atom. The predicted molar refractivity (Wildman–Crippen MR) is 103 cm³/mol. The van der Waals surface area contributed by atoms with Crippen LogP contribution in [0.1, 0.15) is 36.8 Å². The van der Waals surface area contributed by atoms with Crippen LogP contribution in [0.4, 0.5) is 17.6 Å². The minimum absolute atomic E-state index is 0.0358. The number of carbonyl (C=O) groups excluding carboxylic acids is 2. The zero-order valence-corrected chi connectivity index (χ0v) is 15.7. The van der Waals surface area contributed by atoms with Gasteiger partial charge in [-0.25, -0.2) is 28.4 Å². The van der Waals surface area contributed by atoms with Crippen LogP contribution in [0.2, 0.25) is 0 Å². The number of halogens is 4. The number of amides is 2. The Labute approximate surface area is 169 Å². The van der Waals surface area contributed by atoms with Crippen molar-refractivity contribution >= 4 is 24.2 Å². The second kappa shape index (κ2) is 11.4. The summed E-state index contributed by atoms with van der Waals surface area (Å²) < 4.78 is 53.6. The molecular formula is C20H18F4N4O2. The molecule has 0 aliphatic carbocycles. The largest absolute Gasteiger partial charge is 0.273 e. The molecule has 2 N–H and O–H groups in total. The smallest absolute Gasteiger partial charge is 0.240 e. The van der Waals surface area contributed by atoms with Crippen molar-refractivity contribution in [2.24, 2.45) is 10.2 Å². The van der Waals surface area contributed by atoms with Gasteiger partial charge in [0.15, 0.2) is 0 Å². The van der Waals surface area contributed by atoms with Gasteiger partial charge in [-0.3, -0.25) is 9.59 Å². The van der Waals surface area contributed by atoms with Gasteiger partial charge in [-0.2, -0.15) is 10.2 Å². The lowest BCUT2D eigenvalue weighted by Gasteiger charge is -2.02. The van der Waals surface area contributed by atoms with Gasteiger partial charge in [-0.05, 0) is 37.1 Å². The quantitative estimate of drug-likeness (QED) is 0.281. The van der Waals surface area contributed by atoms with E-state index in [0.29, 0.717) is 12.8 Å². The van der Waals surface area contributed by atoms with Crippen LogP contribution in [-0.2, 0) is 9.59 Å². The predicted octanol–water partition coefficient (Wildman–Crippen LogP) is 3.40. The number of hydrazone groups is 2. The monoisotopic (exact) mass is 422 g/mol. The van der Waals surface area contributed by atoms with Crippen LogP contribution in [0.5, 0.6) is 0 Å². The second-order valence-corrected chi connectivity index (χ2v) is 6.06. The van der Waals surface area contributed by atoms with Crippen molar-refractivity contribution in [3.05, 3.63) is 70.8 Å². The minimum atomic E-state index is -0.806. The molecule has 6 nitrogen and oxygen atoms in total. The number of rotatable bonds is 9. The Hall–Kier alpha value is -3.56. The molecule has 2 rings (SSSR count). The van der Waals surface area contributed by atoms with Crippen LogP contribution in [0.3, 0.4) is 0 Å². The van der Waals surface area contributed by atoms with Crippen molar-refractivity contribution in [3.63, 3.8) is 0 Å². The lowest BCUT2D eigenvalue weighted by atomic mass is 10.2. The van der Waals surface area contributed by atoms with E-state index in [0.717, 1.165) is 36.7 Å². The van der Waals surface area contributed by atoms with E-state index >= 15 is 0 Å². The molecule has 0 heterocycles. The van der Waals surface area contributed by atoms with E-state index in [1.165, 1.54) is 12.1 Å². The molecule has 2 aromatic rings. The third kappa shape index (κ3) is 7.12. The van der Waals surface area contributed by atoms with Crippen LogP contribution in [0.15, 0.2) is 46.6 Å². The SMILES string of the molecule is O=C(CCCCC(=O)NN=Cc1c(F)cccc1F)NN=Cc1c(F)cccc1F. The highest BCUT2D eigenvalue weighted by atomic mass is 19.1. The van der Waals surface area contributed by atoms with E-state index in [4.69, 9.17) is 0 Å². The number of nitrogens with one attached hydrogen (secondary N) is 2. The zero-order valence-electron chi connectivity index (χ0n) is 15.7. The number of benzene rings is 2. The van der Waals surface area contributed by atoms with Crippen molar-refractivity contribution in [3.8, 4) is 0 Å². The Morgan fingerprint density at radius 2 is 1.03 bits per heavy atom. The first-order chi connectivity index (χ1) is 14.4. The number of unbranched alkanes of at least 4 members (excludes halogenated alkanes) is 1. The standard InChI is InChI=1S/C20H18F4N4O2/c21-15-5-3-6-16(22)13(15)11-25-27-19(29)9-1-2-10-20(30)28-26-12-14-17(23)7-4-8-18(14)24/h3-8,11-12H,1-2,9-10H2,(H,27,29)(H,28,30). The summed E-state index contributed by atoms with van der Waals surface area (Å²) in [7, 11) is 0. The summed E-state index contributed by atoms with van der Waals surface area (Å²) in [6.07, 6.45) is 2.49. The van der Waals surface area contributed by atoms with Gasteiger partial charge in [0.1, 0.15) is 23.3 Å². The molecule has 0 saturated carbocycles. The third-order valence-electron chi connectivity index (χ3n) is 3.82. The highest BCUT2D eigenvalue weighted by Gasteiger charge is 2.07. The van der Waals surface area contributed by atoms with E-state index in [-0.39, 0.29) is 24.0 Å². The van der Waals surface area contributed by atoms with Crippen molar-refractivity contribution in [1.82, 2.24) is 10.9 Å². The highest BCUT2D eigenvalue weighted by molar-refractivity contribution is 5.83. The topological polar surface area (TPSA) is 82.9 Å². The van der Waals surface area contributed by atoms with Gasteiger partial charge in [0.2, 0.25) is 11.8 Å². The van der Waals surface area contributed by atoms with Crippen LogP contribution in [0, 0.1) is 23.3 Å². The first-order valence-corrected chi connectivity index (χ1v) is 8.90. The van der Waals surface area contributed by atoms with E-state index in [1.807, 2.05) is 0 Å². The van der Waals surface area contributed by atoms with Gasteiger partial charge in [-0.1, -0.05) is 12.1 Å². The maximum atomic E-state index is 13.4. The Kier molecular flexibility index (Phi) is 8.67. The Bertz CT molecular complexity index is 846. The van der Waals surface area contributed by atoms with Crippen LogP contribution in [-0.4, -0.2) is 24.2 Å². The van der Waals surface area contributed by atoms with E-state index in [2.05, 4.69) is 21.1 Å². The van der Waals surface area contributed by atoms with Crippen LogP contribution in [0.25, 0.3) is 0 Å². The Balaban J connectivity index is 1.66. The summed E-state index contributed by atoms with van der Waals surface area (Å²) in [6, 6.07) is 6.67. The molecule has 10 heteroatoms. The summed E-state index contributed by atoms with van der Waals surface area (Å²) >= 11 is 0. The van der Waals surface area contributed by atoms with Gasteiger partial charge >= 0.3 is 0 Å². The van der Waals surface area contributed by atoms with Gasteiger partial charge in [0.25, 0.3) is 0 Å². The molecule has 30 heavy (non-hydrogen) atoms. The molecule has 0 aliphatic rings. The van der Waals surface area contributed by atoms with Gasteiger partial charge in [0, 0.05) is 12.8 Å². The molecule has 158 valence electrons. The summed E-state index contributed by atoms with van der Waals surface area (Å²) in [5, 5.41) is 6.99. The fourth-order valence-electron chi connectivity index (χ4n) is 2.29. The van der Waals surface area contributed by atoms with Crippen molar-refractivity contribution in [2.45, 2.75) is 25.7 Å². The van der Waals surface area contributed by atoms with Gasteiger partial charge in [0.05, 0.1) is 23.6 Å². The summed E-state index contributed by atoms with van der Waals surface area (Å²) in [4.78, 5) is 23.3. The average molecular weight is 422 g/mol. The zero-order chi connectivity index (χ0) is 21.9. The molecule has 0 saturated heterocycles. The molecule has 0 aromatic heterocycles. The summed E-state index contributed by atoms with van der Waals surface area (Å²) in [5.74, 6) is -4.20. The molecule has 0 fully saturated rings. The molecular weight excluding hydrogens is 404 g/mol. The molecule has 2 aromatic carbocycles. The maximum Gasteiger partial charge on any atom is 0.240 e. The minimum Gasteiger partial charge on any atom is -0.273 e. The number of hydrogen-bond acceptors (Lipinski definition) is 4. The molecule has 0 atom stereocenters. The Morgan fingerprint density at radius 1 is 0.700 bits per heavy atom. The third-order valence-corrected chi connectivity index (χ3v) is 3.82. The van der Waals surface area contributed by atoms with E-state index < -0.39 is 35.1 Å². The van der Waals surface area contributed by atoms with Crippen molar-refractivity contribution < 1.29 is 27.2 Å². The average Bonchev–Trinajstić information content (AvgIpc) is 2.70. The molecule has 0 spiro atoms. The molecule has 0 aliphatic heterocycles. The summed E-state index contributed by atoms with van der Waals surface area (Å²) in [6.45, 7) is 0. The molecule has 0 unspecified atom stereocenters. The molecule has 2 amide bonds. The lowest BCUT2D eigenvalue weighted by Crippen LogP contribution is -2.19. The summed E-state index contributed by atoms with van der Waals surface area (Å²) in [5.41, 5.74) is 3.54. The number of carbonyl (C=O) groups is 2. The van der Waals surface area contributed by atoms with Crippen molar-refractivity contribution in [2.75, 3.05) is 0 Å². The normalized spacial score (nSPS) is 11.2. The fourth-order valence-corrected chi connectivity index (χ4v) is 2.29. The van der Waals surface area contributed by atoms with Gasteiger partial charge in [-0.15, -0.1) is 0 Å². The first-order valence-electron chi connectivity index (χ1n) is 8.90. The van der Waals surface area contributed by atoms with Crippen molar-refractivity contribution in [1.29, 1.82) is 0 Å².